The molecule has 0 amide bonds. The van der Waals surface area contributed by atoms with E-state index in [1.165, 1.54) is 16.3 Å². The number of benzene rings is 2. The minimum absolute atomic E-state index is 0. The summed E-state index contributed by atoms with van der Waals surface area (Å²) in [4.78, 5) is 9.04. The fraction of sp³-hybridized carbons (Fsp3) is 0.200. The number of aromatic nitrogens is 1. The van der Waals surface area contributed by atoms with Crippen molar-refractivity contribution in [2.24, 2.45) is 4.99 Å². The number of fused-ring (bicyclic) bond motifs is 1. The zero-order chi connectivity index (χ0) is 16.6. The highest BCUT2D eigenvalue weighted by Gasteiger charge is 2.02. The second-order valence-electron chi connectivity index (χ2n) is 5.51. The van der Waals surface area contributed by atoms with Crippen molar-refractivity contribution in [3.05, 3.63) is 78.1 Å². The van der Waals surface area contributed by atoms with Crippen LogP contribution in [0.2, 0.25) is 0 Å². The normalized spacial score (nSPS) is 11.0. The first kappa shape index (κ1) is 19.2. The van der Waals surface area contributed by atoms with E-state index < -0.39 is 0 Å². The van der Waals surface area contributed by atoms with Crippen LogP contribution < -0.4 is 10.6 Å². The Labute approximate surface area is 165 Å². The van der Waals surface area contributed by atoms with Crippen LogP contribution in [0.25, 0.3) is 10.8 Å². The largest absolute Gasteiger partial charge is 0.357 e. The molecule has 0 aliphatic rings. The third kappa shape index (κ3) is 5.42. The van der Waals surface area contributed by atoms with E-state index in [-0.39, 0.29) is 24.0 Å². The number of hydrogen-bond donors (Lipinski definition) is 2. The molecule has 25 heavy (non-hydrogen) atoms. The Balaban J connectivity index is 0.00000225. The molecular formula is C20H23IN4. The molecular weight excluding hydrogens is 423 g/mol. The van der Waals surface area contributed by atoms with Crippen molar-refractivity contribution in [2.75, 3.05) is 6.54 Å². The number of pyridine rings is 1. The van der Waals surface area contributed by atoms with Gasteiger partial charge in [-0.2, -0.15) is 0 Å². The van der Waals surface area contributed by atoms with Gasteiger partial charge in [0.05, 0.1) is 18.8 Å². The summed E-state index contributed by atoms with van der Waals surface area (Å²) in [6.45, 7) is 4.18. The summed E-state index contributed by atoms with van der Waals surface area (Å²) < 4.78 is 0. The standard InChI is InChI=1S/C20H22N4.HI/c1-2-21-20(24-15-18-11-5-6-13-22-18)23-14-17-10-7-9-16-8-3-4-12-19(16)17;/h3-13H,2,14-15H2,1H3,(H2,21,23,24);1H. The van der Waals surface area contributed by atoms with E-state index in [4.69, 9.17) is 4.99 Å². The van der Waals surface area contributed by atoms with Crippen molar-refractivity contribution in [3.8, 4) is 0 Å². The van der Waals surface area contributed by atoms with Gasteiger partial charge in [0.2, 0.25) is 0 Å². The summed E-state index contributed by atoms with van der Waals surface area (Å²) >= 11 is 0. The van der Waals surface area contributed by atoms with E-state index in [1.807, 2.05) is 18.2 Å². The van der Waals surface area contributed by atoms with E-state index in [9.17, 15) is 0 Å². The first-order chi connectivity index (χ1) is 11.9. The van der Waals surface area contributed by atoms with Crippen LogP contribution in [-0.2, 0) is 13.1 Å². The number of hydrogen-bond acceptors (Lipinski definition) is 2. The summed E-state index contributed by atoms with van der Waals surface area (Å²) in [5, 5.41) is 9.11. The number of rotatable bonds is 5. The van der Waals surface area contributed by atoms with Crippen LogP contribution in [0.3, 0.4) is 0 Å². The molecule has 3 aromatic rings. The molecule has 0 radical (unpaired) electrons. The van der Waals surface area contributed by atoms with Gasteiger partial charge < -0.3 is 10.6 Å². The smallest absolute Gasteiger partial charge is 0.191 e. The zero-order valence-corrected chi connectivity index (χ0v) is 16.6. The molecule has 2 aromatic carbocycles. The fourth-order valence-electron chi connectivity index (χ4n) is 2.61. The maximum absolute atomic E-state index is 4.72. The predicted octanol–water partition coefficient (Wildman–Crippen LogP) is 4.11. The van der Waals surface area contributed by atoms with Gasteiger partial charge >= 0.3 is 0 Å². The molecule has 130 valence electrons. The molecule has 0 saturated carbocycles. The van der Waals surface area contributed by atoms with E-state index in [2.05, 4.69) is 65.0 Å². The van der Waals surface area contributed by atoms with Crippen LogP contribution in [-0.4, -0.2) is 17.5 Å². The molecule has 0 aliphatic heterocycles. The van der Waals surface area contributed by atoms with Crippen molar-refractivity contribution in [3.63, 3.8) is 0 Å². The van der Waals surface area contributed by atoms with Crippen molar-refractivity contribution < 1.29 is 0 Å². The van der Waals surface area contributed by atoms with Crippen LogP contribution in [0.15, 0.2) is 71.9 Å². The predicted molar refractivity (Wildman–Crippen MR) is 115 cm³/mol. The van der Waals surface area contributed by atoms with Crippen LogP contribution >= 0.6 is 24.0 Å². The lowest BCUT2D eigenvalue weighted by Crippen LogP contribution is -2.37. The molecule has 0 saturated heterocycles. The number of aliphatic imine (C=N–C) groups is 1. The molecule has 5 heteroatoms. The molecule has 0 unspecified atom stereocenters. The summed E-state index contributed by atoms with van der Waals surface area (Å²) in [5.41, 5.74) is 2.22. The maximum atomic E-state index is 4.72. The number of nitrogens with zero attached hydrogens (tertiary/aromatic N) is 2. The van der Waals surface area contributed by atoms with Gasteiger partial charge in [-0.05, 0) is 35.4 Å². The van der Waals surface area contributed by atoms with Gasteiger partial charge in [-0.25, -0.2) is 4.99 Å². The third-order valence-corrected chi connectivity index (χ3v) is 3.79. The van der Waals surface area contributed by atoms with E-state index in [0.717, 1.165) is 18.2 Å². The average Bonchev–Trinajstić information content (AvgIpc) is 2.65. The third-order valence-electron chi connectivity index (χ3n) is 3.79. The first-order valence-corrected chi connectivity index (χ1v) is 8.25. The molecule has 0 aliphatic carbocycles. The molecule has 0 fully saturated rings. The van der Waals surface area contributed by atoms with Crippen molar-refractivity contribution in [1.82, 2.24) is 15.6 Å². The highest BCUT2D eigenvalue weighted by atomic mass is 127. The number of nitrogens with one attached hydrogen (secondary N) is 2. The van der Waals surface area contributed by atoms with Gasteiger partial charge in [0, 0.05) is 12.7 Å². The second kappa shape index (κ2) is 9.98. The number of guanidine groups is 1. The Bertz CT molecular complexity index is 813. The Kier molecular flexibility index (Phi) is 7.66. The van der Waals surface area contributed by atoms with E-state index in [0.29, 0.717) is 13.1 Å². The van der Waals surface area contributed by atoms with Gasteiger partial charge in [-0.1, -0.05) is 48.5 Å². The van der Waals surface area contributed by atoms with E-state index in [1.54, 1.807) is 6.20 Å². The minimum atomic E-state index is 0. The van der Waals surface area contributed by atoms with Gasteiger partial charge in [0.15, 0.2) is 5.96 Å². The van der Waals surface area contributed by atoms with Crippen LogP contribution in [0.1, 0.15) is 18.2 Å². The van der Waals surface area contributed by atoms with E-state index >= 15 is 0 Å². The lowest BCUT2D eigenvalue weighted by Gasteiger charge is -2.11. The van der Waals surface area contributed by atoms with Gasteiger partial charge in [0.1, 0.15) is 0 Å². The molecule has 0 bridgehead atoms. The van der Waals surface area contributed by atoms with Crippen molar-refractivity contribution in [1.29, 1.82) is 0 Å². The fourth-order valence-corrected chi connectivity index (χ4v) is 2.61. The van der Waals surface area contributed by atoms with Crippen molar-refractivity contribution in [2.45, 2.75) is 20.0 Å². The summed E-state index contributed by atoms with van der Waals surface area (Å²) in [5.74, 6) is 0.802. The maximum Gasteiger partial charge on any atom is 0.191 e. The quantitative estimate of drug-likeness (QED) is 0.353. The average molecular weight is 446 g/mol. The molecule has 4 nitrogen and oxygen atoms in total. The molecule has 3 rings (SSSR count). The lowest BCUT2D eigenvalue weighted by molar-refractivity contribution is 0.800. The van der Waals surface area contributed by atoms with Gasteiger partial charge in [-0.15, -0.1) is 24.0 Å². The van der Waals surface area contributed by atoms with Crippen LogP contribution in [0, 0.1) is 0 Å². The highest BCUT2D eigenvalue weighted by Crippen LogP contribution is 2.19. The molecule has 1 aromatic heterocycles. The summed E-state index contributed by atoms with van der Waals surface area (Å²) in [7, 11) is 0. The zero-order valence-electron chi connectivity index (χ0n) is 14.3. The first-order valence-electron chi connectivity index (χ1n) is 8.25. The lowest BCUT2D eigenvalue weighted by atomic mass is 10.1. The molecule has 2 N–H and O–H groups in total. The van der Waals surface area contributed by atoms with Gasteiger partial charge in [0.25, 0.3) is 0 Å². The van der Waals surface area contributed by atoms with Crippen molar-refractivity contribution >= 4 is 40.7 Å². The Hall–Kier alpha value is -2.15. The molecule has 0 atom stereocenters. The molecule has 1 heterocycles. The monoisotopic (exact) mass is 446 g/mol. The minimum Gasteiger partial charge on any atom is -0.357 e. The SMILES string of the molecule is CCNC(=NCc1cccc2ccccc12)NCc1ccccn1.I. The topological polar surface area (TPSA) is 49.3 Å². The van der Waals surface area contributed by atoms with Gasteiger partial charge in [-0.3, -0.25) is 4.98 Å². The highest BCUT2D eigenvalue weighted by molar-refractivity contribution is 14.0. The summed E-state index contributed by atoms with van der Waals surface area (Å²) in [6.07, 6.45) is 1.80. The second-order valence-corrected chi connectivity index (χ2v) is 5.51. The Morgan fingerprint density at radius 3 is 2.56 bits per heavy atom. The Morgan fingerprint density at radius 2 is 1.76 bits per heavy atom. The number of halogens is 1. The summed E-state index contributed by atoms with van der Waals surface area (Å²) in [6, 6.07) is 20.7. The Morgan fingerprint density at radius 1 is 0.960 bits per heavy atom. The molecule has 0 spiro atoms. The van der Waals surface area contributed by atoms with Crippen LogP contribution in [0.4, 0.5) is 0 Å². The van der Waals surface area contributed by atoms with Crippen LogP contribution in [0.5, 0.6) is 0 Å².